The molecule has 0 aliphatic rings. The maximum absolute atomic E-state index is 13.9. The summed E-state index contributed by atoms with van der Waals surface area (Å²) in [5.74, 6) is -1.34. The predicted octanol–water partition coefficient (Wildman–Crippen LogP) is 5.03. The number of nitrogens with one attached hydrogen (secondary N) is 1. The summed E-state index contributed by atoms with van der Waals surface area (Å²) in [6.45, 7) is 1.67. The summed E-state index contributed by atoms with van der Waals surface area (Å²) >= 11 is 1.21. The summed E-state index contributed by atoms with van der Waals surface area (Å²) in [5, 5.41) is 7.00. The molecule has 2 aromatic carbocycles. The standard InChI is InChI=1S/C20H13F2N3O2S/c1-11(15-8-12-4-2-3-5-18(12)27-19(15)26)24-25-20-23-17(10-28-20)14-7-6-13(21)9-16(14)22/h2-10H,1H3,(H,23,25)/b24-11-. The predicted molar refractivity (Wildman–Crippen MR) is 106 cm³/mol. The normalized spacial score (nSPS) is 11.8. The first-order valence-corrected chi connectivity index (χ1v) is 9.14. The number of hydrogen-bond acceptors (Lipinski definition) is 6. The Kier molecular flexibility index (Phi) is 4.70. The second-order valence-corrected chi connectivity index (χ2v) is 6.81. The monoisotopic (exact) mass is 397 g/mol. The Morgan fingerprint density at radius 1 is 1.18 bits per heavy atom. The number of nitrogens with zero attached hydrogens (tertiary/aromatic N) is 2. The van der Waals surface area contributed by atoms with E-state index in [1.807, 2.05) is 12.1 Å². The summed E-state index contributed by atoms with van der Waals surface area (Å²) in [4.78, 5) is 16.4. The number of benzene rings is 2. The van der Waals surface area contributed by atoms with Crippen LogP contribution in [-0.2, 0) is 0 Å². The topological polar surface area (TPSA) is 67.5 Å². The van der Waals surface area contributed by atoms with Crippen LogP contribution < -0.4 is 11.1 Å². The molecule has 28 heavy (non-hydrogen) atoms. The Labute approximate surface area is 162 Å². The van der Waals surface area contributed by atoms with Gasteiger partial charge < -0.3 is 4.42 Å². The lowest BCUT2D eigenvalue weighted by Crippen LogP contribution is -2.13. The van der Waals surface area contributed by atoms with Crippen molar-refractivity contribution in [3.05, 3.63) is 81.5 Å². The number of rotatable bonds is 4. The number of halogens is 2. The van der Waals surface area contributed by atoms with Crippen LogP contribution in [0.25, 0.3) is 22.2 Å². The first-order chi connectivity index (χ1) is 13.5. The molecule has 0 aliphatic heterocycles. The summed E-state index contributed by atoms with van der Waals surface area (Å²) in [6, 6.07) is 12.2. The van der Waals surface area contributed by atoms with Crippen molar-refractivity contribution in [2.24, 2.45) is 5.10 Å². The highest BCUT2D eigenvalue weighted by Crippen LogP contribution is 2.27. The average molecular weight is 397 g/mol. The van der Waals surface area contributed by atoms with Crippen LogP contribution in [0.1, 0.15) is 12.5 Å². The van der Waals surface area contributed by atoms with E-state index in [0.29, 0.717) is 27.7 Å². The molecule has 1 N–H and O–H groups in total. The fourth-order valence-electron chi connectivity index (χ4n) is 2.65. The molecule has 0 saturated heterocycles. The summed E-state index contributed by atoms with van der Waals surface area (Å²) in [7, 11) is 0. The minimum atomic E-state index is -0.690. The highest BCUT2D eigenvalue weighted by molar-refractivity contribution is 7.14. The number of anilines is 1. The van der Waals surface area contributed by atoms with E-state index in [0.717, 1.165) is 11.5 Å². The van der Waals surface area contributed by atoms with Gasteiger partial charge in [0.05, 0.1) is 17.0 Å². The van der Waals surface area contributed by atoms with Gasteiger partial charge in [0.1, 0.15) is 17.2 Å². The zero-order chi connectivity index (χ0) is 19.7. The molecule has 4 rings (SSSR count). The van der Waals surface area contributed by atoms with E-state index >= 15 is 0 Å². The van der Waals surface area contributed by atoms with Gasteiger partial charge in [0.2, 0.25) is 5.13 Å². The van der Waals surface area contributed by atoms with Crippen molar-refractivity contribution in [3.63, 3.8) is 0 Å². The SMILES string of the molecule is C/C(=N/Nc1nc(-c2ccc(F)cc2F)cs1)c1cc2ccccc2oc1=O. The van der Waals surface area contributed by atoms with E-state index < -0.39 is 17.3 Å². The van der Waals surface area contributed by atoms with Crippen molar-refractivity contribution in [1.29, 1.82) is 0 Å². The van der Waals surface area contributed by atoms with E-state index in [1.165, 1.54) is 23.5 Å². The number of fused-ring (bicyclic) bond motifs is 1. The van der Waals surface area contributed by atoms with Gasteiger partial charge in [-0.15, -0.1) is 11.3 Å². The molecule has 0 atom stereocenters. The molecule has 2 heterocycles. The van der Waals surface area contributed by atoms with Crippen molar-refractivity contribution in [2.75, 3.05) is 5.43 Å². The van der Waals surface area contributed by atoms with Crippen molar-refractivity contribution in [1.82, 2.24) is 4.98 Å². The quantitative estimate of drug-likeness (QED) is 0.298. The van der Waals surface area contributed by atoms with Crippen molar-refractivity contribution < 1.29 is 13.2 Å². The van der Waals surface area contributed by atoms with Crippen LogP contribution >= 0.6 is 11.3 Å². The minimum absolute atomic E-state index is 0.196. The zero-order valence-corrected chi connectivity index (χ0v) is 15.4. The summed E-state index contributed by atoms with van der Waals surface area (Å²) in [6.07, 6.45) is 0. The van der Waals surface area contributed by atoms with E-state index in [4.69, 9.17) is 4.42 Å². The molecular formula is C20H13F2N3O2S. The van der Waals surface area contributed by atoms with Crippen LogP contribution in [0.5, 0.6) is 0 Å². The molecule has 0 fully saturated rings. The van der Waals surface area contributed by atoms with Crippen LogP contribution in [0.15, 0.2) is 68.2 Å². The van der Waals surface area contributed by atoms with Crippen molar-refractivity contribution in [3.8, 4) is 11.3 Å². The Morgan fingerprint density at radius 3 is 2.82 bits per heavy atom. The van der Waals surface area contributed by atoms with Crippen LogP contribution in [0.3, 0.4) is 0 Å². The second kappa shape index (κ2) is 7.32. The highest BCUT2D eigenvalue weighted by Gasteiger charge is 2.11. The van der Waals surface area contributed by atoms with Crippen LogP contribution in [0.2, 0.25) is 0 Å². The van der Waals surface area contributed by atoms with Gasteiger partial charge in [-0.2, -0.15) is 5.10 Å². The third-order valence-electron chi connectivity index (χ3n) is 4.06. The van der Waals surface area contributed by atoms with Gasteiger partial charge in [0.15, 0.2) is 0 Å². The molecule has 0 saturated carbocycles. The first-order valence-electron chi connectivity index (χ1n) is 8.26. The number of hydrogen-bond donors (Lipinski definition) is 1. The maximum atomic E-state index is 13.9. The smallest absolute Gasteiger partial charge is 0.345 e. The van der Waals surface area contributed by atoms with Crippen LogP contribution in [0, 0.1) is 11.6 Å². The van der Waals surface area contributed by atoms with Gasteiger partial charge in [-0.25, -0.2) is 18.6 Å². The molecular weight excluding hydrogens is 384 g/mol. The molecule has 8 heteroatoms. The van der Waals surface area contributed by atoms with Gasteiger partial charge in [0, 0.05) is 22.4 Å². The Balaban J connectivity index is 1.59. The molecule has 0 amide bonds. The van der Waals surface area contributed by atoms with Crippen LogP contribution in [-0.4, -0.2) is 10.7 Å². The van der Waals surface area contributed by atoms with Gasteiger partial charge >= 0.3 is 5.63 Å². The van der Waals surface area contributed by atoms with Crippen molar-refractivity contribution >= 4 is 33.1 Å². The Hall–Kier alpha value is -3.39. The fourth-order valence-corrected chi connectivity index (χ4v) is 3.30. The average Bonchev–Trinajstić information content (AvgIpc) is 3.14. The van der Waals surface area contributed by atoms with E-state index in [-0.39, 0.29) is 5.56 Å². The van der Waals surface area contributed by atoms with Crippen molar-refractivity contribution in [2.45, 2.75) is 6.92 Å². The lowest BCUT2D eigenvalue weighted by molar-refractivity contribution is 0.559. The number of hydrazone groups is 1. The van der Waals surface area contributed by atoms with Gasteiger partial charge in [-0.1, -0.05) is 18.2 Å². The second-order valence-electron chi connectivity index (χ2n) is 5.96. The molecule has 5 nitrogen and oxygen atoms in total. The molecule has 2 aromatic heterocycles. The molecule has 0 spiro atoms. The number of aromatic nitrogens is 1. The first kappa shape index (κ1) is 18.0. The number of thiazole rings is 1. The third-order valence-corrected chi connectivity index (χ3v) is 4.81. The van der Waals surface area contributed by atoms with Crippen LogP contribution in [0.4, 0.5) is 13.9 Å². The number of para-hydroxylation sites is 1. The molecule has 0 radical (unpaired) electrons. The minimum Gasteiger partial charge on any atom is -0.422 e. The maximum Gasteiger partial charge on any atom is 0.345 e. The molecule has 0 unspecified atom stereocenters. The van der Waals surface area contributed by atoms with Gasteiger partial charge in [-0.3, -0.25) is 5.43 Å². The van der Waals surface area contributed by atoms with E-state index in [9.17, 15) is 13.6 Å². The van der Waals surface area contributed by atoms with Gasteiger partial charge in [0.25, 0.3) is 0 Å². The Morgan fingerprint density at radius 2 is 2.00 bits per heavy atom. The fraction of sp³-hybridized carbons (Fsp3) is 0.0500. The third kappa shape index (κ3) is 3.54. The lowest BCUT2D eigenvalue weighted by atomic mass is 10.1. The van der Waals surface area contributed by atoms with E-state index in [1.54, 1.807) is 30.5 Å². The Bertz CT molecular complexity index is 1260. The molecule has 0 bridgehead atoms. The van der Waals surface area contributed by atoms with E-state index in [2.05, 4.69) is 15.5 Å². The molecule has 4 aromatic rings. The lowest BCUT2D eigenvalue weighted by Gasteiger charge is -2.02. The zero-order valence-electron chi connectivity index (χ0n) is 14.6. The largest absolute Gasteiger partial charge is 0.422 e. The summed E-state index contributed by atoms with van der Waals surface area (Å²) in [5.41, 5.74) is 4.08. The highest BCUT2D eigenvalue weighted by atomic mass is 32.1. The van der Waals surface area contributed by atoms with Gasteiger partial charge in [-0.05, 0) is 31.2 Å². The molecule has 140 valence electrons. The summed E-state index contributed by atoms with van der Waals surface area (Å²) < 4.78 is 32.2. The molecule has 0 aliphatic carbocycles.